The number of amides is 1. The first-order valence-corrected chi connectivity index (χ1v) is 11.0. The van der Waals surface area contributed by atoms with Crippen LogP contribution in [0.4, 0.5) is 0 Å². The third-order valence-corrected chi connectivity index (χ3v) is 6.19. The molecule has 0 radical (unpaired) electrons. The summed E-state index contributed by atoms with van der Waals surface area (Å²) in [6, 6.07) is 21.7. The molecule has 2 N–H and O–H groups in total. The zero-order valence-corrected chi connectivity index (χ0v) is 17.8. The Balaban J connectivity index is 1.35. The van der Waals surface area contributed by atoms with Crippen molar-refractivity contribution < 1.29 is 4.79 Å². The molecule has 0 bridgehead atoms. The van der Waals surface area contributed by atoms with Crippen LogP contribution in [0.15, 0.2) is 83.1 Å². The van der Waals surface area contributed by atoms with Crippen molar-refractivity contribution >= 4 is 28.1 Å². The normalized spacial score (nSPS) is 12.1. The van der Waals surface area contributed by atoms with E-state index in [1.807, 2.05) is 54.0 Å². The monoisotopic (exact) mass is 444 g/mol. The predicted molar refractivity (Wildman–Crippen MR) is 123 cm³/mol. The summed E-state index contributed by atoms with van der Waals surface area (Å²) in [5.74, 6) is -0.346. The summed E-state index contributed by atoms with van der Waals surface area (Å²) in [4.78, 5) is 28.5. The summed E-state index contributed by atoms with van der Waals surface area (Å²) in [7, 11) is 0. The maximum absolute atomic E-state index is 12.7. The van der Waals surface area contributed by atoms with Gasteiger partial charge in [-0.2, -0.15) is 9.36 Å². The molecular weight excluding hydrogens is 424 g/mol. The number of benzene rings is 2. The van der Waals surface area contributed by atoms with E-state index < -0.39 is 5.69 Å². The van der Waals surface area contributed by atoms with Crippen LogP contribution in [0.3, 0.4) is 0 Å². The van der Waals surface area contributed by atoms with Crippen molar-refractivity contribution in [2.45, 2.75) is 12.5 Å². The largest absolute Gasteiger partial charge is 0.369 e. The second-order valence-electron chi connectivity index (χ2n) is 7.34. The number of aromatic amines is 1. The van der Waals surface area contributed by atoms with E-state index in [1.54, 1.807) is 6.07 Å². The van der Waals surface area contributed by atoms with Crippen LogP contribution >= 0.6 is 11.3 Å². The van der Waals surface area contributed by atoms with E-state index in [-0.39, 0.29) is 18.4 Å². The van der Waals surface area contributed by atoms with E-state index in [9.17, 15) is 9.59 Å². The fraction of sp³-hybridized carbons (Fsp3) is 0.130. The van der Waals surface area contributed by atoms with Crippen molar-refractivity contribution in [1.82, 2.24) is 30.1 Å². The number of H-pyrrole nitrogens is 1. The maximum Gasteiger partial charge on any atom is 0.369 e. The minimum absolute atomic E-state index is 0.0465. The second-order valence-corrected chi connectivity index (χ2v) is 8.27. The number of rotatable bonds is 7. The highest BCUT2D eigenvalue weighted by atomic mass is 32.1. The van der Waals surface area contributed by atoms with E-state index in [0.717, 1.165) is 26.7 Å². The molecule has 0 saturated carbocycles. The van der Waals surface area contributed by atoms with Gasteiger partial charge in [0.1, 0.15) is 11.5 Å². The van der Waals surface area contributed by atoms with Crippen molar-refractivity contribution in [2.24, 2.45) is 0 Å². The summed E-state index contributed by atoms with van der Waals surface area (Å²) in [6.07, 6.45) is 1.99. The summed E-state index contributed by atoms with van der Waals surface area (Å²) >= 11 is 1.38. The lowest BCUT2D eigenvalue weighted by atomic mass is 9.91. The van der Waals surface area contributed by atoms with Gasteiger partial charge in [-0.25, -0.2) is 4.79 Å². The molecule has 1 amide bonds. The van der Waals surface area contributed by atoms with Gasteiger partial charge in [0.2, 0.25) is 5.91 Å². The minimum atomic E-state index is -0.446. The molecular formula is C23H20N6O2S. The molecule has 5 aromatic rings. The number of hydrogen-bond donors (Lipinski definition) is 2. The van der Waals surface area contributed by atoms with E-state index >= 15 is 0 Å². The van der Waals surface area contributed by atoms with Gasteiger partial charge in [-0.15, -0.1) is 11.3 Å². The lowest BCUT2D eigenvalue weighted by Crippen LogP contribution is -2.35. The Morgan fingerprint density at radius 2 is 1.84 bits per heavy atom. The average molecular weight is 445 g/mol. The van der Waals surface area contributed by atoms with Gasteiger partial charge in [-0.05, 0) is 45.1 Å². The van der Waals surface area contributed by atoms with Crippen molar-refractivity contribution in [3.63, 3.8) is 0 Å². The third kappa shape index (κ3) is 3.85. The smallest absolute Gasteiger partial charge is 0.361 e. The molecule has 0 spiro atoms. The summed E-state index contributed by atoms with van der Waals surface area (Å²) in [6.45, 7) is 0.193. The standard InChI is InChI=1S/C23H20N6O2S/c30-21(15-28-23(31)29(27-26-28)22-11-6-12-32-22)25-13-18(16-7-2-1-3-8-16)19-14-24-20-10-5-4-9-17(19)20/h1-12,14,18,24H,13,15H2,(H,25,30). The van der Waals surface area contributed by atoms with Gasteiger partial charge < -0.3 is 10.3 Å². The molecule has 1 atom stereocenters. The predicted octanol–water partition coefficient (Wildman–Crippen LogP) is 2.92. The molecule has 2 aromatic carbocycles. The third-order valence-electron chi connectivity index (χ3n) is 5.35. The van der Waals surface area contributed by atoms with Crippen LogP contribution in [0.2, 0.25) is 0 Å². The van der Waals surface area contributed by atoms with E-state index in [2.05, 4.69) is 38.9 Å². The zero-order valence-electron chi connectivity index (χ0n) is 17.0. The number of carbonyl (C=O) groups excluding carboxylic acids is 1. The molecule has 0 aliphatic heterocycles. The highest BCUT2D eigenvalue weighted by Crippen LogP contribution is 2.30. The van der Waals surface area contributed by atoms with E-state index in [1.165, 1.54) is 16.0 Å². The number of carbonyl (C=O) groups is 1. The SMILES string of the molecule is O=C(Cn1nnn(-c2cccs2)c1=O)NCC(c1ccccc1)c1c[nH]c2ccccc12. The van der Waals surface area contributed by atoms with E-state index in [4.69, 9.17) is 0 Å². The number of fused-ring (bicyclic) bond motifs is 1. The molecule has 32 heavy (non-hydrogen) atoms. The molecule has 0 fully saturated rings. The molecule has 3 heterocycles. The van der Waals surface area contributed by atoms with Gasteiger partial charge in [-0.1, -0.05) is 48.5 Å². The molecule has 8 nitrogen and oxygen atoms in total. The first-order chi connectivity index (χ1) is 15.7. The first kappa shape index (κ1) is 20.0. The lowest BCUT2D eigenvalue weighted by Gasteiger charge is -2.18. The van der Waals surface area contributed by atoms with Crippen molar-refractivity contribution in [1.29, 1.82) is 0 Å². The Bertz CT molecular complexity index is 1400. The van der Waals surface area contributed by atoms with Gasteiger partial charge in [0.15, 0.2) is 0 Å². The highest BCUT2D eigenvalue weighted by Gasteiger charge is 2.20. The van der Waals surface area contributed by atoms with Crippen molar-refractivity contribution in [3.8, 4) is 5.00 Å². The van der Waals surface area contributed by atoms with Gasteiger partial charge in [0, 0.05) is 29.6 Å². The number of para-hydroxylation sites is 1. The lowest BCUT2D eigenvalue weighted by molar-refractivity contribution is -0.121. The Hall–Kier alpha value is -3.98. The van der Waals surface area contributed by atoms with Crippen LogP contribution in [-0.4, -0.2) is 37.2 Å². The summed E-state index contributed by atoms with van der Waals surface area (Å²) in [5.41, 5.74) is 2.80. The van der Waals surface area contributed by atoms with Gasteiger partial charge in [-0.3, -0.25) is 4.79 Å². The van der Waals surface area contributed by atoms with Crippen LogP contribution in [0, 0.1) is 0 Å². The number of thiophene rings is 1. The van der Waals surface area contributed by atoms with Gasteiger partial charge in [0.25, 0.3) is 0 Å². The minimum Gasteiger partial charge on any atom is -0.361 e. The van der Waals surface area contributed by atoms with Gasteiger partial charge >= 0.3 is 5.69 Å². The molecule has 0 saturated heterocycles. The van der Waals surface area contributed by atoms with Crippen LogP contribution in [0.1, 0.15) is 17.0 Å². The molecule has 1 unspecified atom stereocenters. The number of hydrogen-bond acceptors (Lipinski definition) is 5. The molecule has 160 valence electrons. The topological polar surface area (TPSA) is 97.6 Å². The maximum atomic E-state index is 12.7. The Kier molecular flexibility index (Phi) is 5.39. The van der Waals surface area contributed by atoms with Crippen LogP contribution in [-0.2, 0) is 11.3 Å². The summed E-state index contributed by atoms with van der Waals surface area (Å²) < 4.78 is 2.26. The number of nitrogens with one attached hydrogen (secondary N) is 2. The Morgan fingerprint density at radius 3 is 2.66 bits per heavy atom. The molecule has 5 rings (SSSR count). The highest BCUT2D eigenvalue weighted by molar-refractivity contribution is 7.12. The quantitative estimate of drug-likeness (QED) is 0.403. The number of nitrogens with zero attached hydrogens (tertiary/aromatic N) is 4. The fourth-order valence-electron chi connectivity index (χ4n) is 3.78. The average Bonchev–Trinajstić information content (AvgIpc) is 3.56. The van der Waals surface area contributed by atoms with Crippen LogP contribution in [0.25, 0.3) is 15.9 Å². The molecule has 9 heteroatoms. The first-order valence-electron chi connectivity index (χ1n) is 10.1. The number of aromatic nitrogens is 5. The fourth-order valence-corrected chi connectivity index (χ4v) is 4.45. The number of tetrazole rings is 1. The molecule has 0 aliphatic carbocycles. The molecule has 3 aromatic heterocycles. The van der Waals surface area contributed by atoms with Crippen LogP contribution < -0.4 is 11.0 Å². The van der Waals surface area contributed by atoms with E-state index in [0.29, 0.717) is 11.5 Å². The van der Waals surface area contributed by atoms with Crippen molar-refractivity contribution in [2.75, 3.05) is 6.54 Å². The molecule has 0 aliphatic rings. The zero-order chi connectivity index (χ0) is 21.9. The van der Waals surface area contributed by atoms with Gasteiger partial charge in [0.05, 0.1) is 0 Å². The van der Waals surface area contributed by atoms with Crippen molar-refractivity contribution in [3.05, 3.63) is 99.9 Å². The van der Waals surface area contributed by atoms with Crippen LogP contribution in [0.5, 0.6) is 0 Å². The Morgan fingerprint density at radius 1 is 1.03 bits per heavy atom. The summed E-state index contributed by atoms with van der Waals surface area (Å²) in [5, 5.41) is 14.3. The second kappa shape index (κ2) is 8.64. The Labute approximate surface area is 187 Å².